The molecule has 0 radical (unpaired) electrons. The van der Waals surface area contributed by atoms with E-state index in [4.69, 9.17) is 4.74 Å². The van der Waals surface area contributed by atoms with Gasteiger partial charge in [-0.2, -0.15) is 0 Å². The second kappa shape index (κ2) is 10.2. The second-order valence-corrected chi connectivity index (χ2v) is 9.32. The van der Waals surface area contributed by atoms with Crippen LogP contribution in [-0.2, 0) is 16.0 Å². The van der Waals surface area contributed by atoms with Crippen molar-refractivity contribution in [1.29, 1.82) is 0 Å². The van der Waals surface area contributed by atoms with E-state index in [1.807, 2.05) is 39.5 Å². The largest absolute Gasteiger partial charge is 0.444 e. The normalized spacial score (nSPS) is 17.2. The van der Waals surface area contributed by atoms with Crippen molar-refractivity contribution < 1.29 is 23.1 Å². The summed E-state index contributed by atoms with van der Waals surface area (Å²) in [7, 11) is 0. The Morgan fingerprint density at radius 1 is 1.23 bits per heavy atom. The summed E-state index contributed by atoms with van der Waals surface area (Å²) in [4.78, 5) is 28.8. The van der Waals surface area contributed by atoms with E-state index in [-0.39, 0.29) is 30.4 Å². The topological polar surface area (TPSA) is 49.9 Å². The average Bonchev–Trinajstić information content (AvgIpc) is 2.65. The number of rotatable bonds is 6. The molecule has 1 saturated heterocycles. The fourth-order valence-corrected chi connectivity index (χ4v) is 3.64. The summed E-state index contributed by atoms with van der Waals surface area (Å²) in [5, 5.41) is 0. The Hall–Kier alpha value is -2.18. The van der Waals surface area contributed by atoms with Crippen LogP contribution in [0.2, 0.25) is 0 Å². The predicted molar refractivity (Wildman–Crippen MR) is 112 cm³/mol. The first-order valence-electron chi connectivity index (χ1n) is 10.7. The van der Waals surface area contributed by atoms with Crippen molar-refractivity contribution >= 4 is 12.0 Å². The molecule has 1 aliphatic heterocycles. The van der Waals surface area contributed by atoms with Gasteiger partial charge in [0.25, 0.3) is 0 Å². The zero-order valence-corrected chi connectivity index (χ0v) is 18.7. The number of carbonyl (C=O) groups is 2. The number of nitrogens with zero attached hydrogens (tertiary/aromatic N) is 2. The van der Waals surface area contributed by atoms with Crippen molar-refractivity contribution in [3.05, 3.63) is 35.4 Å². The molecule has 5 nitrogen and oxygen atoms in total. The number of amides is 2. The van der Waals surface area contributed by atoms with Crippen molar-refractivity contribution in [1.82, 2.24) is 9.80 Å². The maximum atomic E-state index is 13.4. The third kappa shape index (κ3) is 7.26. The molecular formula is C23H34F2N2O3. The van der Waals surface area contributed by atoms with Crippen LogP contribution < -0.4 is 0 Å². The van der Waals surface area contributed by atoms with E-state index < -0.39 is 17.2 Å². The minimum atomic E-state index is -0.895. The lowest BCUT2D eigenvalue weighted by Gasteiger charge is -2.37. The Morgan fingerprint density at radius 3 is 2.53 bits per heavy atom. The van der Waals surface area contributed by atoms with Gasteiger partial charge in [-0.25, -0.2) is 13.6 Å². The molecule has 1 aromatic rings. The Bertz CT molecular complexity index is 746. The molecule has 1 atom stereocenters. The quantitative estimate of drug-likeness (QED) is 0.660. The molecule has 1 unspecified atom stereocenters. The van der Waals surface area contributed by atoms with E-state index >= 15 is 0 Å². The fourth-order valence-electron chi connectivity index (χ4n) is 3.64. The standard InChI is InChI=1S/C23H34F2N2O3/c1-16(2)27(22(29)30-23(3,4)5)15-18-7-6-12-26(14-18)21(28)11-9-17-8-10-19(24)20(25)13-17/h8,10,13,16,18H,6-7,9,11-12,14-15H2,1-5H3. The van der Waals surface area contributed by atoms with E-state index in [2.05, 4.69) is 0 Å². The maximum Gasteiger partial charge on any atom is 0.410 e. The fraction of sp³-hybridized carbons (Fsp3) is 0.652. The van der Waals surface area contributed by atoms with Crippen molar-refractivity contribution in [3.8, 4) is 0 Å². The molecule has 2 rings (SSSR count). The number of carbonyl (C=O) groups excluding carboxylic acids is 2. The lowest BCUT2D eigenvalue weighted by Crippen LogP contribution is -2.48. The number of ether oxygens (including phenoxy) is 1. The van der Waals surface area contributed by atoms with Crippen molar-refractivity contribution in [2.75, 3.05) is 19.6 Å². The molecule has 30 heavy (non-hydrogen) atoms. The van der Waals surface area contributed by atoms with Crippen LogP contribution in [0.4, 0.5) is 13.6 Å². The van der Waals surface area contributed by atoms with Gasteiger partial charge < -0.3 is 14.5 Å². The summed E-state index contributed by atoms with van der Waals surface area (Å²) in [5.41, 5.74) is 0.0465. The Labute approximate surface area is 178 Å². The Kier molecular flexibility index (Phi) is 8.21. The van der Waals surface area contributed by atoms with Gasteiger partial charge in [-0.15, -0.1) is 0 Å². The van der Waals surface area contributed by atoms with E-state index in [0.717, 1.165) is 25.0 Å². The second-order valence-electron chi connectivity index (χ2n) is 9.32. The Balaban J connectivity index is 1.92. The van der Waals surface area contributed by atoms with Gasteiger partial charge in [0.05, 0.1) is 0 Å². The van der Waals surface area contributed by atoms with Crippen LogP contribution in [0.15, 0.2) is 18.2 Å². The molecule has 1 aromatic carbocycles. The van der Waals surface area contributed by atoms with Gasteiger partial charge in [-0.3, -0.25) is 4.79 Å². The molecule has 2 amide bonds. The predicted octanol–water partition coefficient (Wildman–Crippen LogP) is 4.78. The summed E-state index contributed by atoms with van der Waals surface area (Å²) in [5.74, 6) is -1.60. The molecule has 0 bridgehead atoms. The maximum absolute atomic E-state index is 13.4. The van der Waals surface area contributed by atoms with Crippen LogP contribution in [0.5, 0.6) is 0 Å². The summed E-state index contributed by atoms with van der Waals surface area (Å²) >= 11 is 0. The highest BCUT2D eigenvalue weighted by Crippen LogP contribution is 2.22. The first-order chi connectivity index (χ1) is 14.0. The molecule has 0 aliphatic carbocycles. The number of hydrogen-bond donors (Lipinski definition) is 0. The molecule has 168 valence electrons. The van der Waals surface area contributed by atoms with Gasteiger partial charge in [0.1, 0.15) is 5.60 Å². The van der Waals surface area contributed by atoms with E-state index in [1.54, 1.807) is 4.90 Å². The zero-order chi connectivity index (χ0) is 22.5. The van der Waals surface area contributed by atoms with Crippen LogP contribution >= 0.6 is 0 Å². The first kappa shape index (κ1) is 24.1. The zero-order valence-electron chi connectivity index (χ0n) is 18.7. The monoisotopic (exact) mass is 424 g/mol. The molecule has 1 aliphatic rings. The lowest BCUT2D eigenvalue weighted by molar-refractivity contribution is -0.133. The van der Waals surface area contributed by atoms with Gasteiger partial charge >= 0.3 is 6.09 Å². The molecule has 1 heterocycles. The van der Waals surface area contributed by atoms with E-state index in [0.29, 0.717) is 31.6 Å². The van der Waals surface area contributed by atoms with Crippen molar-refractivity contribution in [2.24, 2.45) is 5.92 Å². The summed E-state index contributed by atoms with van der Waals surface area (Å²) in [6, 6.07) is 3.73. The van der Waals surface area contributed by atoms with Gasteiger partial charge in [-0.05, 0) is 77.5 Å². The Morgan fingerprint density at radius 2 is 1.93 bits per heavy atom. The molecule has 0 aromatic heterocycles. The smallest absolute Gasteiger partial charge is 0.410 e. The van der Waals surface area contributed by atoms with Crippen LogP contribution in [0.1, 0.15) is 59.4 Å². The van der Waals surface area contributed by atoms with Crippen molar-refractivity contribution in [3.63, 3.8) is 0 Å². The highest BCUT2D eigenvalue weighted by molar-refractivity contribution is 5.76. The summed E-state index contributed by atoms with van der Waals surface area (Å²) in [6.07, 6.45) is 2.10. The van der Waals surface area contributed by atoms with Crippen LogP contribution in [0.25, 0.3) is 0 Å². The number of aryl methyl sites for hydroxylation is 1. The number of likely N-dealkylation sites (tertiary alicyclic amines) is 1. The average molecular weight is 425 g/mol. The molecule has 1 fully saturated rings. The molecule has 0 saturated carbocycles. The lowest BCUT2D eigenvalue weighted by atomic mass is 9.96. The van der Waals surface area contributed by atoms with Crippen molar-refractivity contribution in [2.45, 2.75) is 71.9 Å². The third-order valence-corrected chi connectivity index (χ3v) is 5.19. The molecule has 7 heteroatoms. The van der Waals surface area contributed by atoms with Crippen LogP contribution in [0.3, 0.4) is 0 Å². The van der Waals surface area contributed by atoms with Crippen LogP contribution in [-0.4, -0.2) is 53.1 Å². The minimum absolute atomic E-state index is 0.000648. The number of hydrogen-bond acceptors (Lipinski definition) is 3. The minimum Gasteiger partial charge on any atom is -0.444 e. The highest BCUT2D eigenvalue weighted by Gasteiger charge is 2.30. The number of benzene rings is 1. The van der Waals surface area contributed by atoms with Gasteiger partial charge in [-0.1, -0.05) is 6.07 Å². The van der Waals surface area contributed by atoms with Gasteiger partial charge in [0.15, 0.2) is 11.6 Å². The first-order valence-corrected chi connectivity index (χ1v) is 10.7. The molecule has 0 N–H and O–H groups in total. The number of halogens is 2. The highest BCUT2D eigenvalue weighted by atomic mass is 19.2. The third-order valence-electron chi connectivity index (χ3n) is 5.19. The van der Waals surface area contributed by atoms with E-state index in [9.17, 15) is 18.4 Å². The van der Waals surface area contributed by atoms with Gasteiger partial charge in [0, 0.05) is 32.1 Å². The van der Waals surface area contributed by atoms with Crippen LogP contribution in [0, 0.1) is 17.6 Å². The molecular weight excluding hydrogens is 390 g/mol. The molecule has 0 spiro atoms. The summed E-state index contributed by atoms with van der Waals surface area (Å²) < 4.78 is 31.9. The summed E-state index contributed by atoms with van der Waals surface area (Å²) in [6.45, 7) is 11.3. The number of piperidine rings is 1. The van der Waals surface area contributed by atoms with Gasteiger partial charge in [0.2, 0.25) is 5.91 Å². The van der Waals surface area contributed by atoms with E-state index in [1.165, 1.54) is 6.07 Å². The SMILES string of the molecule is CC(C)N(CC1CCCN(C(=O)CCc2ccc(F)c(F)c2)C1)C(=O)OC(C)(C)C.